The number of ether oxygens (including phenoxy) is 1. The predicted molar refractivity (Wildman–Crippen MR) is 191 cm³/mol. The molecule has 3 fully saturated rings. The Morgan fingerprint density at radius 3 is 2.35 bits per heavy atom. The lowest BCUT2D eigenvalue weighted by atomic mass is 9.68. The fraction of sp³-hybridized carbons (Fsp3) is 0.282. The maximum atomic E-state index is 14.1. The third kappa shape index (κ3) is 4.64. The van der Waals surface area contributed by atoms with Crippen LogP contribution in [0.4, 0.5) is 11.4 Å². The number of aryl methyl sites for hydroxylation is 1. The molecule has 246 valence electrons. The van der Waals surface area contributed by atoms with E-state index in [2.05, 4.69) is 5.32 Å². The Kier molecular flexibility index (Phi) is 7.10. The summed E-state index contributed by atoms with van der Waals surface area (Å²) in [6, 6.07) is 29.2. The van der Waals surface area contributed by atoms with Crippen molar-refractivity contribution in [1.82, 2.24) is 4.57 Å². The lowest BCUT2D eigenvalue weighted by molar-refractivity contribution is -0.123. The largest absolute Gasteiger partial charge is 0.497 e. The number of aromatic nitrogens is 1. The van der Waals surface area contributed by atoms with Crippen molar-refractivity contribution in [2.75, 3.05) is 17.3 Å². The highest BCUT2D eigenvalue weighted by atomic mass is 32.2. The average molecular weight is 688 g/mol. The van der Waals surface area contributed by atoms with Gasteiger partial charge in [0.15, 0.2) is 0 Å². The minimum absolute atomic E-state index is 0.0000349. The van der Waals surface area contributed by atoms with Crippen molar-refractivity contribution < 1.29 is 19.1 Å². The molecule has 0 radical (unpaired) electrons. The summed E-state index contributed by atoms with van der Waals surface area (Å²) in [6.45, 7) is 1.87. The van der Waals surface area contributed by atoms with Crippen LogP contribution >= 0.6 is 23.1 Å². The topological polar surface area (TPSA) is 97.7 Å². The average Bonchev–Trinajstić information content (AvgIpc) is 3.84. The standard InChI is InChI=1S/C39H33N3O5S2/c1-20-10-14-23(15-11-20)42-36(44)32-26-18-27(33(32)37(42)45)34-31(26)30(22-12-16-24(47-2)17-13-22)35-38(48-34)41(39(46)49-35)19-29(43)40-28-9-5-7-21-6-3-4-8-25(21)28/h3-17,26-27,30-34H,18-19H2,1-2H3,(H,40,43). The van der Waals surface area contributed by atoms with Gasteiger partial charge in [-0.2, -0.15) is 0 Å². The normalized spacial score (nSPS) is 26.5. The van der Waals surface area contributed by atoms with Gasteiger partial charge in [-0.25, -0.2) is 0 Å². The predicted octanol–water partition coefficient (Wildman–Crippen LogP) is 6.70. The first-order valence-corrected chi connectivity index (χ1v) is 18.3. The van der Waals surface area contributed by atoms with E-state index >= 15 is 0 Å². The molecule has 49 heavy (non-hydrogen) atoms. The molecule has 7 atom stereocenters. The van der Waals surface area contributed by atoms with E-state index in [0.717, 1.165) is 44.0 Å². The van der Waals surface area contributed by atoms with Gasteiger partial charge in [-0.1, -0.05) is 77.6 Å². The molecular weight excluding hydrogens is 655 g/mol. The second-order valence-electron chi connectivity index (χ2n) is 13.6. The lowest BCUT2D eigenvalue weighted by Crippen LogP contribution is -2.43. The number of nitrogens with zero attached hydrogens (tertiary/aromatic N) is 2. The van der Waals surface area contributed by atoms with Crippen LogP contribution in [0.2, 0.25) is 0 Å². The lowest BCUT2D eigenvalue weighted by Gasteiger charge is -2.43. The molecule has 2 aliphatic heterocycles. The quantitative estimate of drug-likeness (QED) is 0.200. The van der Waals surface area contributed by atoms with Crippen LogP contribution in [0.15, 0.2) is 101 Å². The van der Waals surface area contributed by atoms with Gasteiger partial charge >= 0.3 is 4.87 Å². The minimum Gasteiger partial charge on any atom is -0.497 e. The minimum atomic E-state index is -0.390. The number of imide groups is 1. The molecule has 2 aliphatic carbocycles. The molecule has 1 N–H and O–H groups in total. The van der Waals surface area contributed by atoms with Crippen LogP contribution in [0, 0.1) is 36.5 Å². The van der Waals surface area contributed by atoms with Crippen molar-refractivity contribution in [1.29, 1.82) is 0 Å². The van der Waals surface area contributed by atoms with Gasteiger partial charge in [-0.15, -0.1) is 11.8 Å². The van der Waals surface area contributed by atoms with E-state index in [-0.39, 0.29) is 69.9 Å². The van der Waals surface area contributed by atoms with E-state index in [0.29, 0.717) is 11.4 Å². The zero-order valence-electron chi connectivity index (χ0n) is 26.9. The molecule has 4 aromatic carbocycles. The third-order valence-corrected chi connectivity index (χ3v) is 13.9. The number of anilines is 2. The molecule has 10 heteroatoms. The van der Waals surface area contributed by atoms with Crippen LogP contribution in [0.1, 0.15) is 28.3 Å². The zero-order chi connectivity index (χ0) is 33.6. The van der Waals surface area contributed by atoms with Crippen molar-refractivity contribution in [2.45, 2.75) is 36.1 Å². The molecular formula is C39H33N3O5S2. The van der Waals surface area contributed by atoms with Crippen LogP contribution in [0.5, 0.6) is 5.75 Å². The second kappa shape index (κ2) is 11.5. The van der Waals surface area contributed by atoms with Gasteiger partial charge in [0.05, 0.1) is 29.7 Å². The number of methoxy groups -OCH3 is 1. The van der Waals surface area contributed by atoms with Crippen molar-refractivity contribution in [3.05, 3.63) is 117 Å². The molecule has 1 saturated heterocycles. The van der Waals surface area contributed by atoms with Gasteiger partial charge in [0.25, 0.3) is 0 Å². The molecule has 4 aliphatic rings. The smallest absolute Gasteiger partial charge is 0.308 e. The first-order valence-electron chi connectivity index (χ1n) is 16.6. The Hall–Kier alpha value is -4.67. The number of rotatable bonds is 6. The van der Waals surface area contributed by atoms with E-state index in [1.54, 1.807) is 23.4 Å². The number of benzene rings is 4. The third-order valence-electron chi connectivity index (χ3n) is 11.1. The van der Waals surface area contributed by atoms with E-state index < -0.39 is 0 Å². The highest BCUT2D eigenvalue weighted by Crippen LogP contribution is 2.69. The molecule has 3 heterocycles. The van der Waals surface area contributed by atoms with Crippen molar-refractivity contribution in [3.8, 4) is 5.75 Å². The molecule has 3 amide bonds. The van der Waals surface area contributed by atoms with Gasteiger partial charge in [0, 0.05) is 27.1 Å². The Balaban J connectivity index is 1.09. The first-order chi connectivity index (χ1) is 23.8. The van der Waals surface area contributed by atoms with Crippen LogP contribution in [-0.4, -0.2) is 34.6 Å². The van der Waals surface area contributed by atoms with Crippen molar-refractivity contribution in [2.24, 2.45) is 29.6 Å². The summed E-state index contributed by atoms with van der Waals surface area (Å²) >= 11 is 2.83. The number of amides is 3. The van der Waals surface area contributed by atoms with Crippen molar-refractivity contribution >= 4 is 63.0 Å². The van der Waals surface area contributed by atoms with Gasteiger partial charge in [-0.3, -0.25) is 28.6 Å². The van der Waals surface area contributed by atoms with Crippen LogP contribution in [0.25, 0.3) is 10.8 Å². The number of hydrogen-bond acceptors (Lipinski definition) is 7. The Morgan fingerprint density at radius 1 is 0.878 bits per heavy atom. The summed E-state index contributed by atoms with van der Waals surface area (Å²) in [5.41, 5.74) is 3.44. The first kappa shape index (κ1) is 30.4. The summed E-state index contributed by atoms with van der Waals surface area (Å²) in [5, 5.41) is 5.81. The Labute approximate surface area is 291 Å². The Morgan fingerprint density at radius 2 is 1.59 bits per heavy atom. The van der Waals surface area contributed by atoms with E-state index in [4.69, 9.17) is 4.74 Å². The van der Waals surface area contributed by atoms with Crippen LogP contribution in [0.3, 0.4) is 0 Å². The number of nitrogens with one attached hydrogen (secondary N) is 1. The highest BCUT2D eigenvalue weighted by molar-refractivity contribution is 8.00. The molecule has 5 aromatic rings. The van der Waals surface area contributed by atoms with Crippen LogP contribution in [-0.2, 0) is 20.9 Å². The molecule has 9 rings (SSSR count). The SMILES string of the molecule is COc1ccc(C2c3sc(=O)n(CC(=O)Nc4cccc5ccccc45)c3SC3C4CC(C5C(=O)N(c6ccc(C)cc6)C(=O)C45)C23)cc1. The molecule has 0 spiro atoms. The zero-order valence-corrected chi connectivity index (χ0v) is 28.5. The number of hydrogen-bond donors (Lipinski definition) is 1. The van der Waals surface area contributed by atoms with E-state index in [1.807, 2.05) is 97.9 Å². The molecule has 7 unspecified atom stereocenters. The van der Waals surface area contributed by atoms with Gasteiger partial charge in [0.1, 0.15) is 12.3 Å². The molecule has 1 aromatic heterocycles. The fourth-order valence-electron chi connectivity index (χ4n) is 9.06. The Bertz CT molecular complexity index is 2220. The summed E-state index contributed by atoms with van der Waals surface area (Å²) in [6.07, 6.45) is 0.796. The highest BCUT2D eigenvalue weighted by Gasteiger charge is 2.69. The van der Waals surface area contributed by atoms with Crippen molar-refractivity contribution in [3.63, 3.8) is 0 Å². The van der Waals surface area contributed by atoms with Gasteiger partial charge in [-0.05, 0) is 72.4 Å². The summed E-state index contributed by atoms with van der Waals surface area (Å²) in [4.78, 5) is 57.7. The summed E-state index contributed by atoms with van der Waals surface area (Å²) in [7, 11) is 1.63. The number of thioether (sulfide) groups is 1. The van der Waals surface area contributed by atoms with E-state index in [9.17, 15) is 19.2 Å². The maximum absolute atomic E-state index is 14.1. The number of thiazole rings is 1. The number of carbonyl (C=O) groups excluding carboxylic acids is 3. The van der Waals surface area contributed by atoms with Gasteiger partial charge < -0.3 is 10.1 Å². The summed E-state index contributed by atoms with van der Waals surface area (Å²) < 4.78 is 7.07. The molecule has 2 bridgehead atoms. The molecule has 8 nitrogen and oxygen atoms in total. The number of carbonyl (C=O) groups is 3. The second-order valence-corrected chi connectivity index (χ2v) is 15.7. The summed E-state index contributed by atoms with van der Waals surface area (Å²) in [5.74, 6) is -0.645. The number of fused-ring (bicyclic) bond motifs is 10. The monoisotopic (exact) mass is 687 g/mol. The van der Waals surface area contributed by atoms with Crippen LogP contribution < -0.4 is 19.8 Å². The molecule has 2 saturated carbocycles. The van der Waals surface area contributed by atoms with E-state index in [1.165, 1.54) is 16.2 Å². The maximum Gasteiger partial charge on any atom is 0.308 e. The van der Waals surface area contributed by atoms with Gasteiger partial charge in [0.2, 0.25) is 17.7 Å². The fourth-order valence-corrected chi connectivity index (χ4v) is 12.2.